The molecule has 0 aromatic heterocycles. The van der Waals surface area contributed by atoms with Crippen molar-refractivity contribution >= 4 is 33.4 Å². The van der Waals surface area contributed by atoms with E-state index in [0.717, 1.165) is 10.0 Å². The monoisotopic (exact) mass is 360 g/mol. The molecule has 0 heterocycles. The zero-order valence-electron chi connectivity index (χ0n) is 12.5. The van der Waals surface area contributed by atoms with Crippen LogP contribution in [0.5, 0.6) is 0 Å². The van der Waals surface area contributed by atoms with Gasteiger partial charge in [-0.05, 0) is 42.0 Å². The standard InChI is InChI=1S/C17H17BrN2O2/c1-12(21)19-16-9-5-14(6-10-16)17(22)20(2)11-13-3-7-15(18)8-4-13/h3-10H,11H2,1-2H3,(H,19,21). The number of carbonyl (C=O) groups is 2. The number of nitrogens with zero attached hydrogens (tertiary/aromatic N) is 1. The molecular formula is C17H17BrN2O2. The van der Waals surface area contributed by atoms with Gasteiger partial charge in [0.2, 0.25) is 5.91 Å². The number of hydrogen-bond donors (Lipinski definition) is 1. The minimum atomic E-state index is -0.133. The fourth-order valence-corrected chi connectivity index (χ4v) is 2.32. The van der Waals surface area contributed by atoms with E-state index in [2.05, 4.69) is 21.2 Å². The number of halogens is 1. The summed E-state index contributed by atoms with van der Waals surface area (Å²) in [5.41, 5.74) is 2.34. The van der Waals surface area contributed by atoms with Gasteiger partial charge in [0.1, 0.15) is 0 Å². The Morgan fingerprint density at radius 2 is 1.64 bits per heavy atom. The van der Waals surface area contributed by atoms with Crippen molar-refractivity contribution in [1.82, 2.24) is 4.90 Å². The van der Waals surface area contributed by atoms with Gasteiger partial charge < -0.3 is 10.2 Å². The van der Waals surface area contributed by atoms with Crippen LogP contribution in [0.3, 0.4) is 0 Å². The van der Waals surface area contributed by atoms with Crippen molar-refractivity contribution in [1.29, 1.82) is 0 Å². The van der Waals surface area contributed by atoms with Crippen LogP contribution in [-0.2, 0) is 11.3 Å². The van der Waals surface area contributed by atoms with Crippen LogP contribution in [0.2, 0.25) is 0 Å². The van der Waals surface area contributed by atoms with E-state index >= 15 is 0 Å². The summed E-state index contributed by atoms with van der Waals surface area (Å²) in [5, 5.41) is 2.68. The number of anilines is 1. The SMILES string of the molecule is CC(=O)Nc1ccc(C(=O)N(C)Cc2ccc(Br)cc2)cc1. The van der Waals surface area contributed by atoms with E-state index in [1.165, 1.54) is 6.92 Å². The molecule has 0 radical (unpaired) electrons. The first-order valence-corrected chi connectivity index (χ1v) is 7.62. The van der Waals surface area contributed by atoms with Gasteiger partial charge >= 0.3 is 0 Å². The molecule has 0 bridgehead atoms. The van der Waals surface area contributed by atoms with Crippen LogP contribution in [0.1, 0.15) is 22.8 Å². The van der Waals surface area contributed by atoms with Gasteiger partial charge in [-0.1, -0.05) is 28.1 Å². The van der Waals surface area contributed by atoms with Gasteiger partial charge in [-0.25, -0.2) is 0 Å². The number of carbonyl (C=O) groups excluding carboxylic acids is 2. The molecular weight excluding hydrogens is 344 g/mol. The van der Waals surface area contributed by atoms with Crippen LogP contribution in [-0.4, -0.2) is 23.8 Å². The predicted octanol–water partition coefficient (Wildman–Crippen LogP) is 3.68. The Morgan fingerprint density at radius 3 is 2.18 bits per heavy atom. The molecule has 0 fully saturated rings. The second-order valence-corrected chi connectivity index (χ2v) is 5.96. The summed E-state index contributed by atoms with van der Waals surface area (Å²) in [7, 11) is 1.77. The largest absolute Gasteiger partial charge is 0.337 e. The second kappa shape index (κ2) is 7.22. The molecule has 0 aliphatic heterocycles. The highest BCUT2D eigenvalue weighted by Gasteiger charge is 2.12. The smallest absolute Gasteiger partial charge is 0.253 e. The van der Waals surface area contributed by atoms with Crippen molar-refractivity contribution in [3.8, 4) is 0 Å². The molecule has 0 saturated heterocycles. The number of hydrogen-bond acceptors (Lipinski definition) is 2. The first-order chi connectivity index (χ1) is 10.5. The molecule has 2 aromatic rings. The number of amides is 2. The predicted molar refractivity (Wildman–Crippen MR) is 90.7 cm³/mol. The molecule has 114 valence electrons. The normalized spacial score (nSPS) is 10.1. The Hall–Kier alpha value is -2.14. The lowest BCUT2D eigenvalue weighted by Gasteiger charge is -2.17. The lowest BCUT2D eigenvalue weighted by atomic mass is 10.1. The van der Waals surface area contributed by atoms with Crippen molar-refractivity contribution < 1.29 is 9.59 Å². The van der Waals surface area contributed by atoms with Crippen LogP contribution < -0.4 is 5.32 Å². The molecule has 22 heavy (non-hydrogen) atoms. The fraction of sp³-hybridized carbons (Fsp3) is 0.176. The first kappa shape index (κ1) is 16.2. The maximum absolute atomic E-state index is 12.4. The number of benzene rings is 2. The highest BCUT2D eigenvalue weighted by atomic mass is 79.9. The lowest BCUT2D eigenvalue weighted by Crippen LogP contribution is -2.26. The number of nitrogens with one attached hydrogen (secondary N) is 1. The van der Waals surface area contributed by atoms with Crippen molar-refractivity contribution in [2.75, 3.05) is 12.4 Å². The van der Waals surface area contributed by atoms with Crippen LogP contribution in [0.4, 0.5) is 5.69 Å². The van der Waals surface area contributed by atoms with Gasteiger partial charge in [0, 0.05) is 36.2 Å². The highest BCUT2D eigenvalue weighted by Crippen LogP contribution is 2.14. The molecule has 2 amide bonds. The van der Waals surface area contributed by atoms with E-state index < -0.39 is 0 Å². The van der Waals surface area contributed by atoms with E-state index in [1.54, 1.807) is 36.2 Å². The van der Waals surface area contributed by atoms with E-state index in [0.29, 0.717) is 17.8 Å². The van der Waals surface area contributed by atoms with E-state index in [1.807, 2.05) is 24.3 Å². The van der Waals surface area contributed by atoms with Gasteiger partial charge in [-0.15, -0.1) is 0 Å². The van der Waals surface area contributed by atoms with Gasteiger partial charge in [0.05, 0.1) is 0 Å². The summed E-state index contributed by atoms with van der Waals surface area (Å²) >= 11 is 3.39. The maximum atomic E-state index is 12.4. The maximum Gasteiger partial charge on any atom is 0.253 e. The van der Waals surface area contributed by atoms with Gasteiger partial charge in [-0.3, -0.25) is 9.59 Å². The number of rotatable bonds is 4. The second-order valence-electron chi connectivity index (χ2n) is 5.05. The first-order valence-electron chi connectivity index (χ1n) is 6.83. The van der Waals surface area contributed by atoms with E-state index in [-0.39, 0.29) is 11.8 Å². The molecule has 2 aromatic carbocycles. The fourth-order valence-electron chi connectivity index (χ4n) is 2.06. The summed E-state index contributed by atoms with van der Waals surface area (Å²) in [6.07, 6.45) is 0. The summed E-state index contributed by atoms with van der Waals surface area (Å²) in [5.74, 6) is -0.191. The molecule has 0 aliphatic rings. The van der Waals surface area contributed by atoms with Crippen LogP contribution in [0.25, 0.3) is 0 Å². The zero-order chi connectivity index (χ0) is 16.1. The summed E-state index contributed by atoms with van der Waals surface area (Å²) in [6.45, 7) is 1.99. The van der Waals surface area contributed by atoms with Crippen LogP contribution in [0.15, 0.2) is 53.0 Å². The third-order valence-electron chi connectivity index (χ3n) is 3.13. The minimum absolute atomic E-state index is 0.0581. The molecule has 0 atom stereocenters. The van der Waals surface area contributed by atoms with Crippen molar-refractivity contribution in [3.63, 3.8) is 0 Å². The molecule has 0 spiro atoms. The molecule has 2 rings (SSSR count). The van der Waals surface area contributed by atoms with E-state index in [9.17, 15) is 9.59 Å². The van der Waals surface area contributed by atoms with Crippen LogP contribution in [0, 0.1) is 0 Å². The average Bonchev–Trinajstić information content (AvgIpc) is 2.49. The zero-order valence-corrected chi connectivity index (χ0v) is 14.1. The molecule has 0 aliphatic carbocycles. The Bertz CT molecular complexity index is 666. The Labute approximate surface area is 138 Å². The van der Waals surface area contributed by atoms with Gasteiger partial charge in [0.25, 0.3) is 5.91 Å². The molecule has 0 saturated carbocycles. The highest BCUT2D eigenvalue weighted by molar-refractivity contribution is 9.10. The molecule has 0 unspecified atom stereocenters. The van der Waals surface area contributed by atoms with Crippen LogP contribution >= 0.6 is 15.9 Å². The molecule has 1 N–H and O–H groups in total. The lowest BCUT2D eigenvalue weighted by molar-refractivity contribution is -0.114. The summed E-state index contributed by atoms with van der Waals surface area (Å²) in [6, 6.07) is 14.7. The average molecular weight is 361 g/mol. The Morgan fingerprint density at radius 1 is 1.05 bits per heavy atom. The summed E-state index contributed by atoms with van der Waals surface area (Å²) in [4.78, 5) is 25.0. The quantitative estimate of drug-likeness (QED) is 0.903. The van der Waals surface area contributed by atoms with Gasteiger partial charge in [0.15, 0.2) is 0 Å². The topological polar surface area (TPSA) is 49.4 Å². The third kappa shape index (κ3) is 4.43. The molecule has 4 nitrogen and oxygen atoms in total. The van der Waals surface area contributed by atoms with E-state index in [4.69, 9.17) is 0 Å². The van der Waals surface area contributed by atoms with Crippen molar-refractivity contribution in [3.05, 3.63) is 64.1 Å². The minimum Gasteiger partial charge on any atom is -0.337 e. The molecule has 5 heteroatoms. The van der Waals surface area contributed by atoms with Crippen molar-refractivity contribution in [2.24, 2.45) is 0 Å². The third-order valence-corrected chi connectivity index (χ3v) is 3.66. The summed E-state index contributed by atoms with van der Waals surface area (Å²) < 4.78 is 1.01. The van der Waals surface area contributed by atoms with Crippen molar-refractivity contribution in [2.45, 2.75) is 13.5 Å². The Kier molecular flexibility index (Phi) is 5.33. The van der Waals surface area contributed by atoms with Gasteiger partial charge in [-0.2, -0.15) is 0 Å². The Balaban J connectivity index is 2.03.